The molecule has 0 radical (unpaired) electrons. The lowest BCUT2D eigenvalue weighted by Gasteiger charge is -2.37. The lowest BCUT2D eigenvalue weighted by molar-refractivity contribution is -0.146. The Bertz CT molecular complexity index is 735. The molecule has 8 nitrogen and oxygen atoms in total. The van der Waals surface area contributed by atoms with Gasteiger partial charge in [-0.2, -0.15) is 0 Å². The molecule has 3 heterocycles. The van der Waals surface area contributed by atoms with Gasteiger partial charge in [-0.05, 0) is 31.6 Å². The maximum atomic E-state index is 13.9. The third-order valence-corrected chi connectivity index (χ3v) is 8.10. The van der Waals surface area contributed by atoms with Crippen LogP contribution in [0.1, 0.15) is 66.2 Å². The Kier molecular flexibility index (Phi) is 8.83. The van der Waals surface area contributed by atoms with Crippen LogP contribution in [0.5, 0.6) is 0 Å². The summed E-state index contributed by atoms with van der Waals surface area (Å²) in [7, 11) is 0. The fourth-order valence-corrected chi connectivity index (χ4v) is 6.87. The number of fused-ring (bicyclic) bond motifs is 1. The lowest BCUT2D eigenvalue weighted by Crippen LogP contribution is -2.58. The minimum atomic E-state index is -1.07. The second-order valence-corrected chi connectivity index (χ2v) is 11.3. The minimum absolute atomic E-state index is 0.119. The van der Waals surface area contributed by atoms with Gasteiger partial charge in [0.25, 0.3) is 0 Å². The fourth-order valence-electron chi connectivity index (χ4n) is 5.93. The van der Waals surface area contributed by atoms with E-state index in [1.54, 1.807) is 4.90 Å². The molecule has 0 aromatic heterocycles. The van der Waals surface area contributed by atoms with E-state index < -0.39 is 35.6 Å². The van der Waals surface area contributed by atoms with Gasteiger partial charge < -0.3 is 25.4 Å². The number of amides is 3. The van der Waals surface area contributed by atoms with Crippen molar-refractivity contribution in [3.05, 3.63) is 0 Å². The van der Waals surface area contributed by atoms with Gasteiger partial charge in [-0.15, -0.1) is 0 Å². The number of aliphatic hydroxyl groups excluding tert-OH is 1. The molecule has 3 amide bonds. The second-order valence-electron chi connectivity index (χ2n) is 10.2. The first-order valence-corrected chi connectivity index (χ1v) is 13.4. The number of likely N-dealkylation sites (tertiary alicyclic amines) is 1. The van der Waals surface area contributed by atoms with Crippen LogP contribution in [-0.4, -0.2) is 76.0 Å². The third-order valence-electron chi connectivity index (χ3n) is 7.25. The number of nitrogens with zero attached hydrogens (tertiary/aromatic N) is 1. The maximum absolute atomic E-state index is 13.9. The van der Waals surface area contributed by atoms with Gasteiger partial charge in [0.15, 0.2) is 0 Å². The Labute approximate surface area is 205 Å². The topological polar surface area (TPSA) is 108 Å². The zero-order valence-electron chi connectivity index (χ0n) is 20.3. The number of rotatable bonds is 12. The first kappa shape index (κ1) is 26.4. The Morgan fingerprint density at radius 3 is 2.48 bits per heavy atom. The van der Waals surface area contributed by atoms with Crippen LogP contribution in [0.4, 0.5) is 0 Å². The molecule has 3 aliphatic rings. The summed E-state index contributed by atoms with van der Waals surface area (Å²) >= 11 is 3.67. The molecule has 3 fully saturated rings. The summed E-state index contributed by atoms with van der Waals surface area (Å²) < 4.78 is 6.46. The number of unbranched alkanes of at least 4 members (excludes halogenated alkanes) is 2. The van der Waals surface area contributed by atoms with E-state index in [9.17, 15) is 19.5 Å². The molecule has 3 N–H and O–H groups in total. The van der Waals surface area contributed by atoms with E-state index in [1.165, 1.54) is 0 Å². The number of nitrogens with one attached hydrogen (secondary N) is 2. The smallest absolute Gasteiger partial charge is 0.245 e. The Balaban J connectivity index is 1.97. The summed E-state index contributed by atoms with van der Waals surface area (Å²) in [4.78, 5) is 42.0. The molecule has 7 atom stereocenters. The van der Waals surface area contributed by atoms with Crippen molar-refractivity contribution in [3.63, 3.8) is 0 Å². The number of halogens is 1. The van der Waals surface area contributed by atoms with Gasteiger partial charge in [-0.25, -0.2) is 0 Å². The van der Waals surface area contributed by atoms with Crippen molar-refractivity contribution in [2.45, 2.75) is 94.8 Å². The number of alkyl halides is 1. The molecule has 0 aromatic carbocycles. The summed E-state index contributed by atoms with van der Waals surface area (Å²) in [6.45, 7) is 8.96. The Hall–Kier alpha value is -1.19. The predicted molar refractivity (Wildman–Crippen MR) is 129 cm³/mol. The molecule has 0 aromatic rings. The van der Waals surface area contributed by atoms with Gasteiger partial charge >= 0.3 is 0 Å². The van der Waals surface area contributed by atoms with Crippen LogP contribution in [0.3, 0.4) is 0 Å². The van der Waals surface area contributed by atoms with Crippen molar-refractivity contribution in [1.29, 1.82) is 0 Å². The Morgan fingerprint density at radius 1 is 1.18 bits per heavy atom. The van der Waals surface area contributed by atoms with Crippen molar-refractivity contribution in [3.8, 4) is 0 Å². The van der Waals surface area contributed by atoms with Gasteiger partial charge in [0, 0.05) is 17.9 Å². The Morgan fingerprint density at radius 2 is 1.88 bits per heavy atom. The highest BCUT2D eigenvalue weighted by molar-refractivity contribution is 9.09. The molecule has 3 unspecified atom stereocenters. The van der Waals surface area contributed by atoms with E-state index in [0.717, 1.165) is 25.7 Å². The molecule has 188 valence electrons. The largest absolute Gasteiger partial charge is 0.394 e. The SMILES string of the molecule is CCCCCNC(=O)C1N([C@@H](CO)CC(C)C)C(=O)[C@@H]2[C@H](C(=O)NCCC)[C@H]3OC12CC3Br. The summed E-state index contributed by atoms with van der Waals surface area (Å²) in [6, 6.07) is -1.36. The van der Waals surface area contributed by atoms with E-state index in [-0.39, 0.29) is 35.1 Å². The number of aliphatic hydroxyl groups is 1. The lowest BCUT2D eigenvalue weighted by atomic mass is 9.70. The van der Waals surface area contributed by atoms with E-state index >= 15 is 0 Å². The molecule has 9 heteroatoms. The molecule has 3 rings (SSSR count). The number of ether oxygens (including phenoxy) is 1. The highest BCUT2D eigenvalue weighted by Crippen LogP contribution is 2.60. The number of hydrogen-bond donors (Lipinski definition) is 3. The highest BCUT2D eigenvalue weighted by atomic mass is 79.9. The van der Waals surface area contributed by atoms with Crippen LogP contribution >= 0.6 is 15.9 Å². The molecule has 2 bridgehead atoms. The summed E-state index contributed by atoms with van der Waals surface area (Å²) in [5.41, 5.74) is -1.07. The van der Waals surface area contributed by atoms with Crippen LogP contribution in [0, 0.1) is 17.8 Å². The number of hydrogen-bond acceptors (Lipinski definition) is 5. The zero-order chi connectivity index (χ0) is 24.3. The van der Waals surface area contributed by atoms with E-state index in [1.807, 2.05) is 20.8 Å². The van der Waals surface area contributed by atoms with Crippen molar-refractivity contribution in [1.82, 2.24) is 15.5 Å². The monoisotopic (exact) mass is 529 g/mol. The van der Waals surface area contributed by atoms with Crippen LogP contribution in [0.25, 0.3) is 0 Å². The zero-order valence-corrected chi connectivity index (χ0v) is 21.9. The minimum Gasteiger partial charge on any atom is -0.394 e. The molecular weight excluding hydrogens is 490 g/mol. The first-order chi connectivity index (χ1) is 15.7. The quantitative estimate of drug-likeness (QED) is 0.264. The van der Waals surface area contributed by atoms with E-state index in [0.29, 0.717) is 25.9 Å². The van der Waals surface area contributed by atoms with Crippen molar-refractivity contribution in [2.24, 2.45) is 17.8 Å². The molecule has 33 heavy (non-hydrogen) atoms. The summed E-state index contributed by atoms with van der Waals surface area (Å²) in [5, 5.41) is 16.2. The number of carbonyl (C=O) groups excluding carboxylic acids is 3. The summed E-state index contributed by atoms with van der Waals surface area (Å²) in [5.74, 6) is -1.84. The molecule has 0 aliphatic carbocycles. The van der Waals surface area contributed by atoms with Crippen LogP contribution < -0.4 is 10.6 Å². The molecule has 3 saturated heterocycles. The highest BCUT2D eigenvalue weighted by Gasteiger charge is 2.76. The third kappa shape index (κ3) is 4.82. The maximum Gasteiger partial charge on any atom is 0.245 e. The van der Waals surface area contributed by atoms with Gasteiger partial charge in [-0.3, -0.25) is 14.4 Å². The van der Waals surface area contributed by atoms with Crippen LogP contribution in [0.15, 0.2) is 0 Å². The normalized spacial score (nSPS) is 33.5. The van der Waals surface area contributed by atoms with Gasteiger partial charge in [0.1, 0.15) is 11.6 Å². The van der Waals surface area contributed by atoms with Gasteiger partial charge in [0.2, 0.25) is 17.7 Å². The molecule has 3 aliphatic heterocycles. The predicted octanol–water partition coefficient (Wildman–Crippen LogP) is 1.97. The van der Waals surface area contributed by atoms with Gasteiger partial charge in [0.05, 0.1) is 30.6 Å². The first-order valence-electron chi connectivity index (χ1n) is 12.5. The molecule has 0 saturated carbocycles. The summed E-state index contributed by atoms with van der Waals surface area (Å²) in [6.07, 6.45) is 4.30. The van der Waals surface area contributed by atoms with E-state index in [4.69, 9.17) is 4.74 Å². The van der Waals surface area contributed by atoms with E-state index in [2.05, 4.69) is 33.5 Å². The standard InChI is InChI=1S/C24H40BrN3O5/c1-5-7-8-10-27-22(31)20-24-12-16(25)19(33-24)17(21(30)26-9-6-2)18(24)23(32)28(20)15(13-29)11-14(3)4/h14-20,29H,5-13H2,1-4H3,(H,26,30)(H,27,31)/t15-,16?,17+,18+,19+,20?,24?/m1/s1. The second kappa shape index (κ2) is 11.0. The van der Waals surface area contributed by atoms with Crippen molar-refractivity contribution < 1.29 is 24.2 Å². The van der Waals surface area contributed by atoms with Crippen LogP contribution in [-0.2, 0) is 19.1 Å². The van der Waals surface area contributed by atoms with Crippen LogP contribution in [0.2, 0.25) is 0 Å². The average Bonchev–Trinajstić information content (AvgIpc) is 3.36. The average molecular weight is 531 g/mol. The molecule has 1 spiro atoms. The van der Waals surface area contributed by atoms with Gasteiger partial charge in [-0.1, -0.05) is 56.5 Å². The molecular formula is C24H40BrN3O5. The van der Waals surface area contributed by atoms with Crippen molar-refractivity contribution >= 4 is 33.7 Å². The fraction of sp³-hybridized carbons (Fsp3) is 0.875. The number of carbonyl (C=O) groups is 3. The van der Waals surface area contributed by atoms with Crippen molar-refractivity contribution in [2.75, 3.05) is 19.7 Å².